The lowest BCUT2D eigenvalue weighted by Crippen LogP contribution is -2.39. The Morgan fingerprint density at radius 2 is 2.00 bits per heavy atom. The maximum absolute atomic E-state index is 6.37. The van der Waals surface area contributed by atoms with Gasteiger partial charge in [0, 0.05) is 22.0 Å². The molecule has 2 unspecified atom stereocenters. The molecular weight excluding hydrogens is 305 g/mol. The summed E-state index contributed by atoms with van der Waals surface area (Å²) in [5.41, 5.74) is 8.59. The number of hydrogen-bond donors (Lipinski definition) is 1. The minimum atomic E-state index is -0.00526. The zero-order valence-corrected chi connectivity index (χ0v) is 13.1. The predicted octanol–water partition coefficient (Wildman–Crippen LogP) is 4.11. The Morgan fingerprint density at radius 3 is 2.86 bits per heavy atom. The molecule has 2 aromatic rings. The third-order valence-electron chi connectivity index (χ3n) is 3.98. The molecule has 3 rings (SSSR count). The molecule has 4 heteroatoms. The maximum Gasteiger partial charge on any atom is 0.122 e. The molecule has 0 aliphatic carbocycles. The van der Waals surface area contributed by atoms with Gasteiger partial charge in [-0.25, -0.2) is 0 Å². The van der Waals surface area contributed by atoms with Gasteiger partial charge in [-0.2, -0.15) is 0 Å². The quantitative estimate of drug-likeness (QED) is 0.923. The van der Waals surface area contributed by atoms with Gasteiger partial charge in [-0.05, 0) is 48.2 Å². The van der Waals surface area contributed by atoms with Crippen molar-refractivity contribution in [2.45, 2.75) is 18.9 Å². The van der Waals surface area contributed by atoms with E-state index in [1.165, 1.54) is 5.56 Å². The molecule has 0 saturated heterocycles. The van der Waals surface area contributed by atoms with Crippen molar-refractivity contribution in [3.63, 3.8) is 0 Å². The van der Waals surface area contributed by atoms with Crippen molar-refractivity contribution in [3.8, 4) is 5.75 Å². The molecule has 0 saturated carbocycles. The van der Waals surface area contributed by atoms with Crippen LogP contribution in [0.1, 0.15) is 11.1 Å². The number of hydrogen-bond acceptors (Lipinski definition) is 2. The van der Waals surface area contributed by atoms with E-state index >= 15 is 0 Å². The van der Waals surface area contributed by atoms with Crippen LogP contribution < -0.4 is 10.5 Å². The molecule has 1 heterocycles. The molecule has 21 heavy (non-hydrogen) atoms. The van der Waals surface area contributed by atoms with Crippen molar-refractivity contribution in [1.82, 2.24) is 0 Å². The Bertz CT molecular complexity index is 644. The van der Waals surface area contributed by atoms with E-state index in [1.807, 2.05) is 30.3 Å². The van der Waals surface area contributed by atoms with E-state index in [0.717, 1.165) is 17.7 Å². The van der Waals surface area contributed by atoms with Gasteiger partial charge in [-0.15, -0.1) is 0 Å². The van der Waals surface area contributed by atoms with Crippen molar-refractivity contribution >= 4 is 23.2 Å². The number of para-hydroxylation sites is 1. The molecule has 0 bridgehead atoms. The largest absolute Gasteiger partial charge is 0.493 e. The number of fused-ring (bicyclic) bond motifs is 1. The smallest absolute Gasteiger partial charge is 0.122 e. The lowest BCUT2D eigenvalue weighted by atomic mass is 9.87. The Labute approximate surface area is 134 Å². The Hall–Kier alpha value is -1.22. The first-order valence-corrected chi connectivity index (χ1v) is 7.79. The average molecular weight is 322 g/mol. The van der Waals surface area contributed by atoms with Crippen molar-refractivity contribution in [1.29, 1.82) is 0 Å². The van der Waals surface area contributed by atoms with E-state index in [-0.39, 0.29) is 12.0 Å². The van der Waals surface area contributed by atoms with Crippen LogP contribution in [0.3, 0.4) is 0 Å². The van der Waals surface area contributed by atoms with Gasteiger partial charge in [0.1, 0.15) is 5.75 Å². The fourth-order valence-corrected chi connectivity index (χ4v) is 3.14. The summed E-state index contributed by atoms with van der Waals surface area (Å²) in [6.07, 6.45) is 1.64. The summed E-state index contributed by atoms with van der Waals surface area (Å²) in [5.74, 6) is 1.26. The molecule has 2 atom stereocenters. The third-order valence-corrected chi connectivity index (χ3v) is 4.58. The monoisotopic (exact) mass is 321 g/mol. The second-order valence-electron chi connectivity index (χ2n) is 5.49. The Morgan fingerprint density at radius 1 is 1.19 bits per heavy atom. The first-order chi connectivity index (χ1) is 10.1. The van der Waals surface area contributed by atoms with Crippen LogP contribution in [0.2, 0.25) is 10.0 Å². The van der Waals surface area contributed by atoms with E-state index in [9.17, 15) is 0 Å². The summed E-state index contributed by atoms with van der Waals surface area (Å²) in [5, 5.41) is 1.40. The lowest BCUT2D eigenvalue weighted by molar-refractivity contribution is 0.199. The molecule has 1 aliphatic rings. The van der Waals surface area contributed by atoms with Crippen molar-refractivity contribution in [3.05, 3.63) is 63.6 Å². The van der Waals surface area contributed by atoms with Crippen LogP contribution in [0.15, 0.2) is 42.5 Å². The van der Waals surface area contributed by atoms with Crippen molar-refractivity contribution in [2.24, 2.45) is 11.7 Å². The predicted molar refractivity (Wildman–Crippen MR) is 87.3 cm³/mol. The fourth-order valence-electron chi connectivity index (χ4n) is 2.75. The highest BCUT2D eigenvalue weighted by molar-refractivity contribution is 6.33. The highest BCUT2D eigenvalue weighted by Crippen LogP contribution is 2.30. The molecule has 0 amide bonds. The van der Waals surface area contributed by atoms with Crippen molar-refractivity contribution in [2.75, 3.05) is 6.61 Å². The summed E-state index contributed by atoms with van der Waals surface area (Å²) in [6, 6.07) is 13.6. The lowest BCUT2D eigenvalue weighted by Gasteiger charge is -2.29. The van der Waals surface area contributed by atoms with Gasteiger partial charge in [-0.1, -0.05) is 41.4 Å². The minimum Gasteiger partial charge on any atom is -0.493 e. The van der Waals surface area contributed by atoms with Crippen LogP contribution >= 0.6 is 23.2 Å². The third kappa shape index (κ3) is 3.34. The van der Waals surface area contributed by atoms with Crippen LogP contribution in [-0.4, -0.2) is 12.6 Å². The van der Waals surface area contributed by atoms with Gasteiger partial charge >= 0.3 is 0 Å². The summed E-state index contributed by atoms with van der Waals surface area (Å²) in [7, 11) is 0. The average Bonchev–Trinajstić information content (AvgIpc) is 2.50. The van der Waals surface area contributed by atoms with Gasteiger partial charge in [0.05, 0.1) is 6.61 Å². The van der Waals surface area contributed by atoms with E-state index in [0.29, 0.717) is 23.1 Å². The van der Waals surface area contributed by atoms with E-state index < -0.39 is 0 Å². The molecule has 2 aromatic carbocycles. The molecule has 0 fully saturated rings. The van der Waals surface area contributed by atoms with Crippen LogP contribution in [0.25, 0.3) is 0 Å². The van der Waals surface area contributed by atoms with Gasteiger partial charge in [-0.3, -0.25) is 0 Å². The first kappa shape index (κ1) is 14.7. The van der Waals surface area contributed by atoms with E-state index in [2.05, 4.69) is 6.07 Å². The van der Waals surface area contributed by atoms with Gasteiger partial charge < -0.3 is 10.5 Å². The summed E-state index contributed by atoms with van der Waals surface area (Å²) in [4.78, 5) is 0. The van der Waals surface area contributed by atoms with Gasteiger partial charge in [0.25, 0.3) is 0 Å². The normalized spacial score (nSPS) is 18.7. The molecule has 0 radical (unpaired) electrons. The summed E-state index contributed by atoms with van der Waals surface area (Å²) in [6.45, 7) is 0.649. The Balaban J connectivity index is 1.72. The Kier molecular flexibility index (Phi) is 4.39. The number of halogens is 2. The second kappa shape index (κ2) is 6.27. The maximum atomic E-state index is 6.37. The second-order valence-corrected chi connectivity index (χ2v) is 6.33. The summed E-state index contributed by atoms with van der Waals surface area (Å²) >= 11 is 12.2. The van der Waals surface area contributed by atoms with Crippen molar-refractivity contribution < 1.29 is 4.74 Å². The van der Waals surface area contributed by atoms with E-state index in [1.54, 1.807) is 6.07 Å². The molecule has 0 spiro atoms. The highest BCUT2D eigenvalue weighted by atomic mass is 35.5. The number of nitrogens with two attached hydrogens (primary N) is 1. The minimum absolute atomic E-state index is 0.00526. The standard InChI is InChI=1S/C17H17Cl2NO/c18-14-5-6-15(19)12(8-14)9-16(20)13-7-11-3-1-2-4-17(11)21-10-13/h1-6,8,13,16H,7,9-10,20H2. The fraction of sp³-hybridized carbons (Fsp3) is 0.294. The zero-order valence-electron chi connectivity index (χ0n) is 11.6. The molecule has 0 aromatic heterocycles. The molecule has 2 N–H and O–H groups in total. The zero-order chi connectivity index (χ0) is 14.8. The highest BCUT2D eigenvalue weighted by Gasteiger charge is 2.25. The van der Waals surface area contributed by atoms with Crippen LogP contribution in [0, 0.1) is 5.92 Å². The molecule has 110 valence electrons. The number of benzene rings is 2. The van der Waals surface area contributed by atoms with Crippen LogP contribution in [0.4, 0.5) is 0 Å². The van der Waals surface area contributed by atoms with Gasteiger partial charge in [0.15, 0.2) is 0 Å². The van der Waals surface area contributed by atoms with Crippen LogP contribution in [0.5, 0.6) is 5.75 Å². The molecular formula is C17H17Cl2NO. The molecule has 2 nitrogen and oxygen atoms in total. The topological polar surface area (TPSA) is 35.2 Å². The SMILES string of the molecule is NC(Cc1cc(Cl)ccc1Cl)C1COc2ccccc2C1. The molecule has 1 aliphatic heterocycles. The number of ether oxygens (including phenoxy) is 1. The van der Waals surface area contributed by atoms with Gasteiger partial charge in [0.2, 0.25) is 0 Å². The summed E-state index contributed by atoms with van der Waals surface area (Å²) < 4.78 is 5.81. The number of rotatable bonds is 3. The first-order valence-electron chi connectivity index (χ1n) is 7.03. The van der Waals surface area contributed by atoms with E-state index in [4.69, 9.17) is 33.7 Å². The van der Waals surface area contributed by atoms with Crippen LogP contribution in [-0.2, 0) is 12.8 Å².